The molecule has 10 heterocycles. The Morgan fingerprint density at radius 1 is 0.216 bits per heavy atom. The Bertz CT molecular complexity index is 8850. The predicted octanol–water partition coefficient (Wildman–Crippen LogP) is 25.5. The van der Waals surface area contributed by atoms with Crippen LogP contribution < -0.4 is 63.9 Å². The molecule has 20 aromatic carbocycles. The number of benzene rings is 20. The summed E-state index contributed by atoms with van der Waals surface area (Å²) in [7, 11) is 0. The zero-order chi connectivity index (χ0) is 91.3. The number of anilines is 9. The summed E-state index contributed by atoms with van der Waals surface area (Å²) < 4.78 is 9.50. The number of nitrogens with zero attached hydrogens (tertiary/aromatic N) is 10. The standard InChI is InChI=1S/C49H30BN3S.C43H29BN4S.C31H20BN3S/c1-4-14-31(15-5-1)34-24-25-39-45(28-34)54-46-30-36(52-42-22-12-10-20-37(42)38-21-11-13-23-43(38)52)29-44-47(46)50(39)40-26-35(32-16-6-2-7-17-32)27-41-48(40)53(44)49(51-41)33-18-8-3-9-19-33;1-5-14-30(15-6-1)47(31-16-7-2-8-17-31)34-24-25-36-40(27-34)49-41-28-35(48(32-18-9-3-10-19-32)33-20-11-4-12-21-33)26-39-42(41)44(36)37-22-13-23-38-43(37)46(39)29-45-38;1-3-9-21(10-4-1)35(22-11-5-2-6-12-22)23-17-18-24-29(19-23)36-28-16-8-15-27-30(28)32(24)25-13-7-14-26-31(25)34(27)20-33-26/h1-30H;1-29H;1-20H. The van der Waals surface area contributed by atoms with Crippen LogP contribution in [0, 0.1) is 0 Å². The van der Waals surface area contributed by atoms with Gasteiger partial charge in [0.25, 0.3) is 0 Å². The first-order valence-corrected chi connectivity index (χ1v) is 49.7. The summed E-state index contributed by atoms with van der Waals surface area (Å²) in [6.07, 6.45) is 3.97. The van der Waals surface area contributed by atoms with Crippen molar-refractivity contribution in [2.24, 2.45) is 0 Å². The molecule has 16 heteroatoms. The Morgan fingerprint density at radius 2 is 0.612 bits per heavy atom. The molecule has 0 amide bonds. The third-order valence-electron chi connectivity index (χ3n) is 28.3. The average Bonchev–Trinajstić information content (AvgIpc) is 1.65. The Labute approximate surface area is 817 Å². The van der Waals surface area contributed by atoms with E-state index in [1.165, 1.54) is 156 Å². The van der Waals surface area contributed by atoms with E-state index in [1.807, 2.05) is 47.9 Å². The van der Waals surface area contributed by atoms with E-state index >= 15 is 0 Å². The largest absolute Gasteiger partial charge is 0.310 e. The van der Waals surface area contributed by atoms with Crippen molar-refractivity contribution >= 4 is 211 Å². The molecule has 0 aliphatic carbocycles. The van der Waals surface area contributed by atoms with Crippen LogP contribution in [0.15, 0.2) is 509 Å². The number of hydrogen-bond acceptors (Lipinski definition) is 9. The zero-order valence-electron chi connectivity index (χ0n) is 75.0. The van der Waals surface area contributed by atoms with Crippen LogP contribution in [-0.4, -0.2) is 53.4 Å². The lowest BCUT2D eigenvalue weighted by atomic mass is 9.35. The Hall–Kier alpha value is -16.7. The van der Waals surface area contributed by atoms with Gasteiger partial charge in [-0.2, -0.15) is 0 Å². The minimum Gasteiger partial charge on any atom is -0.310 e. The van der Waals surface area contributed by atoms with E-state index in [9.17, 15) is 0 Å². The predicted molar refractivity (Wildman–Crippen MR) is 584 cm³/mol. The highest BCUT2D eigenvalue weighted by atomic mass is 32.2. The van der Waals surface area contributed by atoms with Crippen LogP contribution in [0.25, 0.3) is 111 Å². The highest BCUT2D eigenvalue weighted by Gasteiger charge is 2.45. The van der Waals surface area contributed by atoms with Crippen LogP contribution in [0.1, 0.15) is 0 Å². The van der Waals surface area contributed by atoms with Crippen molar-refractivity contribution in [3.05, 3.63) is 480 Å². The van der Waals surface area contributed by atoms with Crippen molar-refractivity contribution in [1.29, 1.82) is 0 Å². The van der Waals surface area contributed by atoms with Gasteiger partial charge >= 0.3 is 0 Å². The maximum Gasteiger partial charge on any atom is 0.249 e. The first kappa shape index (κ1) is 80.7. The topological polar surface area (TPSA) is 68.1 Å². The molecule has 30 rings (SSSR count). The molecule has 10 nitrogen and oxygen atoms in total. The second-order valence-corrected chi connectivity index (χ2v) is 39.3. The molecule has 0 radical (unpaired) electrons. The third kappa shape index (κ3) is 13.3. The highest BCUT2D eigenvalue weighted by molar-refractivity contribution is 8.00. The molecule has 0 atom stereocenters. The number of para-hydroxylation sites is 10. The summed E-state index contributed by atoms with van der Waals surface area (Å²) in [5.74, 6) is 0.965. The van der Waals surface area contributed by atoms with Gasteiger partial charge in [0.05, 0.1) is 44.1 Å². The van der Waals surface area contributed by atoms with Crippen molar-refractivity contribution < 1.29 is 0 Å². The number of rotatable bonds is 13. The molecule has 0 saturated carbocycles. The fourth-order valence-corrected chi connectivity index (χ4v) is 26.1. The molecule has 6 aliphatic heterocycles. The minimum absolute atomic E-state index is 0.0438. The van der Waals surface area contributed by atoms with E-state index in [0.717, 1.165) is 84.8 Å². The van der Waals surface area contributed by atoms with Gasteiger partial charge in [-0.1, -0.05) is 349 Å². The molecule has 6 aliphatic rings. The molecule has 0 saturated heterocycles. The molecule has 0 fully saturated rings. The highest BCUT2D eigenvalue weighted by Crippen LogP contribution is 2.49. The number of aromatic nitrogens is 7. The maximum absolute atomic E-state index is 5.51. The van der Waals surface area contributed by atoms with Crippen LogP contribution in [-0.2, 0) is 0 Å². The van der Waals surface area contributed by atoms with Crippen LogP contribution in [0.4, 0.5) is 51.2 Å². The summed E-state index contributed by atoms with van der Waals surface area (Å²) in [5, 5.41) is 2.52. The second-order valence-electron chi connectivity index (χ2n) is 36.1. The molecule has 0 spiro atoms. The molecular formula is C123H79B3N10S3. The normalized spacial score (nSPS) is 12.6. The Morgan fingerprint density at radius 3 is 1.12 bits per heavy atom. The van der Waals surface area contributed by atoms with Crippen LogP contribution in [0.5, 0.6) is 0 Å². The number of fused-ring (bicyclic) bond motifs is 15. The second kappa shape index (κ2) is 33.1. The van der Waals surface area contributed by atoms with E-state index in [0.29, 0.717) is 0 Å². The fraction of sp³-hybridized carbons (Fsp3) is 0. The number of imidazole rings is 3. The minimum atomic E-state index is 0.0438. The molecular weight excluding hydrogens is 1750 g/mol. The van der Waals surface area contributed by atoms with Gasteiger partial charge in [-0.15, -0.1) is 0 Å². The van der Waals surface area contributed by atoms with E-state index in [4.69, 9.17) is 15.0 Å². The van der Waals surface area contributed by atoms with Gasteiger partial charge in [-0.25, -0.2) is 15.0 Å². The van der Waals surface area contributed by atoms with Gasteiger partial charge in [0.2, 0.25) is 20.1 Å². The summed E-state index contributed by atoms with van der Waals surface area (Å²) in [4.78, 5) is 29.9. The molecule has 0 unspecified atom stereocenters. The van der Waals surface area contributed by atoms with Gasteiger partial charge in [-0.05, 0) is 225 Å². The van der Waals surface area contributed by atoms with Crippen molar-refractivity contribution in [1.82, 2.24) is 33.2 Å². The van der Waals surface area contributed by atoms with Gasteiger partial charge in [0.1, 0.15) is 18.5 Å². The summed E-state index contributed by atoms with van der Waals surface area (Å²) in [6.45, 7) is 0.347. The van der Waals surface area contributed by atoms with Crippen LogP contribution in [0.2, 0.25) is 0 Å². The molecule has 24 aromatic rings. The molecule has 139 heavy (non-hydrogen) atoms. The third-order valence-corrected chi connectivity index (χ3v) is 31.7. The number of hydrogen-bond donors (Lipinski definition) is 0. The summed E-state index contributed by atoms with van der Waals surface area (Å²) in [5.41, 5.74) is 42.1. The summed E-state index contributed by atoms with van der Waals surface area (Å²) in [6, 6.07) is 169. The first-order chi connectivity index (χ1) is 69.0. The molecule has 4 aromatic heterocycles. The quantitative estimate of drug-likeness (QED) is 0.105. The smallest absolute Gasteiger partial charge is 0.249 e. The average molecular weight is 1830 g/mol. The van der Waals surface area contributed by atoms with Crippen molar-refractivity contribution in [2.75, 3.05) is 14.7 Å². The Balaban J connectivity index is 0.000000105. The molecule has 0 N–H and O–H groups in total. The van der Waals surface area contributed by atoms with E-state index < -0.39 is 0 Å². The van der Waals surface area contributed by atoms with E-state index in [1.54, 1.807) is 0 Å². The monoisotopic (exact) mass is 1820 g/mol. The van der Waals surface area contributed by atoms with E-state index in [2.05, 4.69) is 500 Å². The van der Waals surface area contributed by atoms with Crippen molar-refractivity contribution in [2.45, 2.75) is 29.4 Å². The fourth-order valence-electron chi connectivity index (χ4n) is 22.4. The van der Waals surface area contributed by atoms with Gasteiger partial charge in [0.15, 0.2) is 0 Å². The van der Waals surface area contributed by atoms with Crippen LogP contribution in [0.3, 0.4) is 0 Å². The Kier molecular flexibility index (Phi) is 19.2. The zero-order valence-corrected chi connectivity index (χ0v) is 77.5. The lowest BCUT2D eigenvalue weighted by Crippen LogP contribution is -2.58. The lowest BCUT2D eigenvalue weighted by molar-refractivity contribution is 1.08. The first-order valence-electron chi connectivity index (χ1n) is 47.3. The van der Waals surface area contributed by atoms with Crippen LogP contribution >= 0.6 is 35.3 Å². The van der Waals surface area contributed by atoms with Crippen molar-refractivity contribution in [3.8, 4) is 56.4 Å². The van der Waals surface area contributed by atoms with Crippen molar-refractivity contribution in [3.63, 3.8) is 0 Å². The van der Waals surface area contributed by atoms with Gasteiger partial charge in [-0.3, -0.25) is 13.7 Å². The summed E-state index contributed by atoms with van der Waals surface area (Å²) >= 11 is 5.65. The van der Waals surface area contributed by atoms with Gasteiger partial charge in [0, 0.05) is 120 Å². The molecule has 648 valence electrons. The van der Waals surface area contributed by atoms with Gasteiger partial charge < -0.3 is 19.3 Å². The SMILES string of the molecule is c1ccc(-c2ccc3c(c2)Sc2cc(-n4c5ccccc5c5ccccc54)cc4c2B3c2cc(-c3ccccc3)cc3nc(-c5ccccc5)n-4c23)cc1.c1ccc(N(c2ccccc2)c2ccc3c(c2)Sc2cc(N(c4ccccc4)c4ccccc4)cc4c2B3c2cccc3ncn-4c23)cc1.c1ccc(N(c2ccccc2)c2ccc3c(c2)Sc2cccc4c2B3c2cccc3ncn-4c23)cc1. The maximum atomic E-state index is 5.51. The lowest BCUT2D eigenvalue weighted by Gasteiger charge is -2.35. The van der Waals surface area contributed by atoms with E-state index in [-0.39, 0.29) is 20.1 Å². The molecule has 0 bridgehead atoms.